The van der Waals surface area contributed by atoms with Crippen molar-refractivity contribution < 1.29 is 19.8 Å². The second-order valence-corrected chi connectivity index (χ2v) is 4.16. The summed E-state index contributed by atoms with van der Waals surface area (Å²) < 4.78 is 0. The van der Waals surface area contributed by atoms with Crippen LogP contribution in [0.2, 0.25) is 0 Å². The quantitative estimate of drug-likeness (QED) is 0.691. The molecule has 1 fully saturated rings. The van der Waals surface area contributed by atoms with Crippen LogP contribution in [0.3, 0.4) is 0 Å². The van der Waals surface area contributed by atoms with Gasteiger partial charge in [0.2, 0.25) is 0 Å². The number of carboxylic acid groups (broad SMARTS) is 1. The first-order chi connectivity index (χ1) is 8.51. The Morgan fingerprint density at radius 1 is 1.33 bits per heavy atom. The Bertz CT molecular complexity index is 346. The summed E-state index contributed by atoms with van der Waals surface area (Å²) in [6, 6.07) is -1.39. The van der Waals surface area contributed by atoms with Gasteiger partial charge in [-0.25, -0.2) is 9.59 Å². The van der Waals surface area contributed by atoms with Crippen molar-refractivity contribution in [2.45, 2.75) is 18.6 Å². The number of aliphatic hydroxyl groups is 1. The molecule has 1 aliphatic heterocycles. The van der Waals surface area contributed by atoms with Gasteiger partial charge in [0.1, 0.15) is 6.04 Å². The third-order valence-electron chi connectivity index (χ3n) is 2.78. The van der Waals surface area contributed by atoms with Gasteiger partial charge >= 0.3 is 12.0 Å². The molecule has 1 saturated heterocycles. The Hall–Kier alpha value is -1.82. The van der Waals surface area contributed by atoms with E-state index in [2.05, 4.69) is 13.2 Å². The van der Waals surface area contributed by atoms with Crippen LogP contribution < -0.4 is 0 Å². The number of urea groups is 1. The van der Waals surface area contributed by atoms with Crippen LogP contribution in [0.25, 0.3) is 0 Å². The largest absolute Gasteiger partial charge is 0.480 e. The number of nitrogens with zero attached hydrogens (tertiary/aromatic N) is 2. The van der Waals surface area contributed by atoms with Crippen LogP contribution in [0.15, 0.2) is 25.3 Å². The van der Waals surface area contributed by atoms with Crippen LogP contribution in [0.5, 0.6) is 0 Å². The van der Waals surface area contributed by atoms with E-state index in [0.29, 0.717) is 13.1 Å². The van der Waals surface area contributed by atoms with Crippen molar-refractivity contribution in [1.82, 2.24) is 9.80 Å². The number of hydrogen-bond donors (Lipinski definition) is 2. The van der Waals surface area contributed by atoms with Gasteiger partial charge in [0.15, 0.2) is 0 Å². The van der Waals surface area contributed by atoms with E-state index in [0.717, 1.165) is 0 Å². The van der Waals surface area contributed by atoms with E-state index in [-0.39, 0.29) is 13.0 Å². The Kier molecular flexibility index (Phi) is 4.91. The predicted octanol–water partition coefficient (Wildman–Crippen LogP) is 0.300. The molecule has 100 valence electrons. The zero-order valence-corrected chi connectivity index (χ0v) is 10.2. The zero-order chi connectivity index (χ0) is 13.7. The van der Waals surface area contributed by atoms with E-state index in [1.165, 1.54) is 9.80 Å². The number of aliphatic carboxylic acids is 1. The molecule has 1 aliphatic rings. The molecule has 0 radical (unpaired) electrons. The first kappa shape index (κ1) is 14.2. The third-order valence-corrected chi connectivity index (χ3v) is 2.78. The lowest BCUT2D eigenvalue weighted by Gasteiger charge is -2.28. The number of β-amino-alcohol motifs (C(OH)–C–C–N with tert-alkyl or cyclic N) is 1. The van der Waals surface area contributed by atoms with Gasteiger partial charge in [-0.3, -0.25) is 0 Å². The molecule has 1 unspecified atom stereocenters. The summed E-state index contributed by atoms with van der Waals surface area (Å²) in [5.74, 6) is -1.10. The molecule has 0 aromatic heterocycles. The molecular formula is C12H18N2O4. The zero-order valence-electron chi connectivity index (χ0n) is 10.2. The van der Waals surface area contributed by atoms with Crippen molar-refractivity contribution in [2.75, 3.05) is 19.6 Å². The standard InChI is InChI=1S/C12H18N2O4/c1-3-5-13(6-4-2)12(18)14-8-9(15)7-10(14)11(16)17/h3-4,9-10,15H,1-2,5-8H2,(H,16,17)/t9?,10-/m0/s1. The minimum absolute atomic E-state index is 0.0422. The number of rotatable bonds is 5. The molecule has 0 aliphatic carbocycles. The fourth-order valence-corrected chi connectivity index (χ4v) is 1.98. The van der Waals surface area contributed by atoms with E-state index >= 15 is 0 Å². The number of amides is 2. The molecule has 0 bridgehead atoms. The maximum Gasteiger partial charge on any atom is 0.326 e. The second-order valence-electron chi connectivity index (χ2n) is 4.16. The smallest absolute Gasteiger partial charge is 0.326 e. The van der Waals surface area contributed by atoms with Gasteiger partial charge in [-0.1, -0.05) is 12.2 Å². The van der Waals surface area contributed by atoms with Crippen LogP contribution in [0.4, 0.5) is 4.79 Å². The topological polar surface area (TPSA) is 81.1 Å². The molecule has 2 amide bonds. The van der Waals surface area contributed by atoms with Crippen molar-refractivity contribution in [1.29, 1.82) is 0 Å². The molecule has 0 aromatic rings. The molecule has 1 rings (SSSR count). The lowest BCUT2D eigenvalue weighted by atomic mass is 10.2. The fraction of sp³-hybridized carbons (Fsp3) is 0.500. The highest BCUT2D eigenvalue weighted by Gasteiger charge is 2.40. The van der Waals surface area contributed by atoms with Gasteiger partial charge in [-0.15, -0.1) is 13.2 Å². The molecule has 1 heterocycles. The monoisotopic (exact) mass is 254 g/mol. The Morgan fingerprint density at radius 2 is 1.89 bits per heavy atom. The van der Waals surface area contributed by atoms with Crippen LogP contribution in [-0.4, -0.2) is 63.8 Å². The first-order valence-electron chi connectivity index (χ1n) is 5.69. The lowest BCUT2D eigenvalue weighted by Crippen LogP contribution is -2.48. The molecular weight excluding hydrogens is 236 g/mol. The SMILES string of the molecule is C=CCN(CC=C)C(=O)N1CC(O)C[C@H]1C(=O)O. The highest BCUT2D eigenvalue weighted by Crippen LogP contribution is 2.20. The van der Waals surface area contributed by atoms with Crippen molar-refractivity contribution in [2.24, 2.45) is 0 Å². The Morgan fingerprint density at radius 3 is 2.33 bits per heavy atom. The maximum atomic E-state index is 12.2. The Balaban J connectivity index is 2.82. The Labute approximate surface area is 106 Å². The lowest BCUT2D eigenvalue weighted by molar-refractivity contribution is -0.141. The number of carboxylic acids is 1. The van der Waals surface area contributed by atoms with Crippen molar-refractivity contribution in [3.63, 3.8) is 0 Å². The summed E-state index contributed by atoms with van der Waals surface area (Å²) in [5.41, 5.74) is 0. The van der Waals surface area contributed by atoms with Gasteiger partial charge in [0, 0.05) is 26.1 Å². The minimum atomic E-state index is -1.10. The van der Waals surface area contributed by atoms with E-state index in [1.807, 2.05) is 0 Å². The summed E-state index contributed by atoms with van der Waals surface area (Å²) in [7, 11) is 0. The summed E-state index contributed by atoms with van der Waals surface area (Å²) in [5, 5.41) is 18.5. The molecule has 6 heteroatoms. The molecule has 6 nitrogen and oxygen atoms in total. The number of carbonyl (C=O) groups excluding carboxylic acids is 1. The van der Waals surface area contributed by atoms with Gasteiger partial charge in [0.05, 0.1) is 6.10 Å². The normalized spacial score (nSPS) is 22.6. The molecule has 0 aromatic carbocycles. The highest BCUT2D eigenvalue weighted by atomic mass is 16.4. The van der Waals surface area contributed by atoms with E-state index in [9.17, 15) is 14.7 Å². The van der Waals surface area contributed by atoms with Gasteiger partial charge < -0.3 is 20.0 Å². The van der Waals surface area contributed by atoms with Crippen LogP contribution >= 0.6 is 0 Å². The fourth-order valence-electron chi connectivity index (χ4n) is 1.98. The average molecular weight is 254 g/mol. The van der Waals surface area contributed by atoms with E-state index in [4.69, 9.17) is 5.11 Å². The third kappa shape index (κ3) is 3.10. The molecule has 0 spiro atoms. The first-order valence-corrected chi connectivity index (χ1v) is 5.69. The second kappa shape index (κ2) is 6.20. The number of hydrogen-bond acceptors (Lipinski definition) is 3. The number of carbonyl (C=O) groups is 2. The minimum Gasteiger partial charge on any atom is -0.480 e. The van der Waals surface area contributed by atoms with Gasteiger partial charge in [-0.05, 0) is 0 Å². The maximum absolute atomic E-state index is 12.2. The van der Waals surface area contributed by atoms with E-state index in [1.54, 1.807) is 12.2 Å². The molecule has 18 heavy (non-hydrogen) atoms. The van der Waals surface area contributed by atoms with Crippen LogP contribution in [0, 0.1) is 0 Å². The average Bonchev–Trinajstić information content (AvgIpc) is 2.70. The molecule has 2 N–H and O–H groups in total. The van der Waals surface area contributed by atoms with Crippen molar-refractivity contribution in [3.05, 3.63) is 25.3 Å². The van der Waals surface area contributed by atoms with Crippen LogP contribution in [0.1, 0.15) is 6.42 Å². The molecule has 0 saturated carbocycles. The summed E-state index contributed by atoms with van der Waals surface area (Å²) in [6.45, 7) is 7.76. The summed E-state index contributed by atoms with van der Waals surface area (Å²) >= 11 is 0. The van der Waals surface area contributed by atoms with Gasteiger partial charge in [0.25, 0.3) is 0 Å². The van der Waals surface area contributed by atoms with E-state index < -0.39 is 24.1 Å². The highest BCUT2D eigenvalue weighted by molar-refractivity contribution is 5.83. The summed E-state index contributed by atoms with van der Waals surface area (Å²) in [6.07, 6.45) is 2.40. The van der Waals surface area contributed by atoms with Crippen molar-refractivity contribution in [3.8, 4) is 0 Å². The number of aliphatic hydroxyl groups excluding tert-OH is 1. The predicted molar refractivity (Wildman–Crippen MR) is 66.1 cm³/mol. The van der Waals surface area contributed by atoms with Crippen molar-refractivity contribution >= 4 is 12.0 Å². The molecule has 2 atom stereocenters. The summed E-state index contributed by atoms with van der Waals surface area (Å²) in [4.78, 5) is 25.8. The van der Waals surface area contributed by atoms with Crippen LogP contribution in [-0.2, 0) is 4.79 Å². The number of likely N-dealkylation sites (tertiary alicyclic amines) is 1. The van der Waals surface area contributed by atoms with Gasteiger partial charge in [-0.2, -0.15) is 0 Å².